The molecule has 1 heterocycles. The Morgan fingerprint density at radius 2 is 2.17 bits per heavy atom. The summed E-state index contributed by atoms with van der Waals surface area (Å²) in [6.07, 6.45) is 0.633. The molecular weight excluding hydrogens is 232 g/mol. The van der Waals surface area contributed by atoms with Crippen molar-refractivity contribution in [1.82, 2.24) is 4.90 Å². The van der Waals surface area contributed by atoms with E-state index < -0.39 is 5.97 Å². The quantitative estimate of drug-likeness (QED) is 0.832. The molecule has 1 aromatic rings. The molecule has 1 amide bonds. The van der Waals surface area contributed by atoms with E-state index in [4.69, 9.17) is 5.11 Å². The second-order valence-electron chi connectivity index (χ2n) is 4.46. The van der Waals surface area contributed by atoms with E-state index in [0.717, 1.165) is 11.3 Å². The Morgan fingerprint density at radius 1 is 1.44 bits per heavy atom. The number of nitrogens with zero attached hydrogens (tertiary/aromatic N) is 1. The summed E-state index contributed by atoms with van der Waals surface area (Å²) in [7, 11) is 1.63. The lowest BCUT2D eigenvalue weighted by molar-refractivity contribution is -0.138. The molecule has 1 unspecified atom stereocenters. The van der Waals surface area contributed by atoms with Gasteiger partial charge in [0, 0.05) is 25.7 Å². The molecule has 1 aliphatic heterocycles. The number of fused-ring (bicyclic) bond motifs is 1. The van der Waals surface area contributed by atoms with E-state index in [0.29, 0.717) is 6.42 Å². The van der Waals surface area contributed by atoms with Gasteiger partial charge >= 0.3 is 5.97 Å². The number of para-hydroxylation sites is 1. The lowest BCUT2D eigenvalue weighted by Crippen LogP contribution is -2.40. The number of benzene rings is 1. The van der Waals surface area contributed by atoms with Crippen LogP contribution in [0.2, 0.25) is 0 Å². The number of anilines is 1. The fraction of sp³-hybridized carbons (Fsp3) is 0.385. The van der Waals surface area contributed by atoms with Gasteiger partial charge in [-0.25, -0.2) is 0 Å². The maximum absolute atomic E-state index is 12.1. The van der Waals surface area contributed by atoms with Gasteiger partial charge in [0.2, 0.25) is 5.91 Å². The van der Waals surface area contributed by atoms with Crippen LogP contribution in [0.25, 0.3) is 0 Å². The van der Waals surface area contributed by atoms with Gasteiger partial charge in [-0.1, -0.05) is 18.2 Å². The number of hydrogen-bond donors (Lipinski definition) is 2. The van der Waals surface area contributed by atoms with E-state index in [9.17, 15) is 9.59 Å². The average Bonchev–Trinajstić information content (AvgIpc) is 2.78. The van der Waals surface area contributed by atoms with Crippen LogP contribution in [0.15, 0.2) is 24.3 Å². The zero-order valence-electron chi connectivity index (χ0n) is 10.2. The standard InChI is InChI=1S/C13H16N2O3/c1-15(7-6-12(16)17)13(18)11-8-9-4-2-3-5-10(9)14-11/h2-5,11,14H,6-8H2,1H3,(H,16,17). The molecule has 5 nitrogen and oxygen atoms in total. The smallest absolute Gasteiger partial charge is 0.305 e. The van der Waals surface area contributed by atoms with Crippen LogP contribution in [-0.2, 0) is 16.0 Å². The summed E-state index contributed by atoms with van der Waals surface area (Å²) in [6, 6.07) is 7.53. The molecule has 2 N–H and O–H groups in total. The SMILES string of the molecule is CN(CCC(=O)O)C(=O)C1Cc2ccccc2N1. The Morgan fingerprint density at radius 3 is 2.83 bits per heavy atom. The van der Waals surface area contributed by atoms with E-state index in [1.165, 1.54) is 4.90 Å². The lowest BCUT2D eigenvalue weighted by Gasteiger charge is -2.20. The first-order valence-corrected chi connectivity index (χ1v) is 5.89. The molecule has 96 valence electrons. The second kappa shape index (κ2) is 5.08. The van der Waals surface area contributed by atoms with Crippen molar-refractivity contribution in [2.75, 3.05) is 18.9 Å². The van der Waals surface area contributed by atoms with Crippen LogP contribution in [0.1, 0.15) is 12.0 Å². The minimum absolute atomic E-state index is 0.0259. The molecule has 0 radical (unpaired) electrons. The van der Waals surface area contributed by atoms with Crippen molar-refractivity contribution in [1.29, 1.82) is 0 Å². The molecule has 18 heavy (non-hydrogen) atoms. The number of carboxylic acids is 1. The number of carbonyl (C=O) groups is 2. The fourth-order valence-corrected chi connectivity index (χ4v) is 2.09. The van der Waals surface area contributed by atoms with Crippen molar-refractivity contribution in [3.63, 3.8) is 0 Å². The summed E-state index contributed by atoms with van der Waals surface area (Å²) in [5.41, 5.74) is 2.12. The monoisotopic (exact) mass is 248 g/mol. The third kappa shape index (κ3) is 2.61. The van der Waals surface area contributed by atoms with Crippen molar-refractivity contribution in [2.45, 2.75) is 18.9 Å². The highest BCUT2D eigenvalue weighted by Gasteiger charge is 2.28. The van der Waals surface area contributed by atoms with Crippen molar-refractivity contribution < 1.29 is 14.7 Å². The van der Waals surface area contributed by atoms with Gasteiger partial charge in [-0.3, -0.25) is 9.59 Å². The number of hydrogen-bond acceptors (Lipinski definition) is 3. The predicted molar refractivity (Wildman–Crippen MR) is 67.4 cm³/mol. The van der Waals surface area contributed by atoms with Gasteiger partial charge in [0.15, 0.2) is 0 Å². The molecule has 0 saturated carbocycles. The highest BCUT2D eigenvalue weighted by atomic mass is 16.4. The molecule has 1 aliphatic rings. The first kappa shape index (κ1) is 12.4. The summed E-state index contributed by atoms with van der Waals surface area (Å²) < 4.78 is 0. The Kier molecular flexibility index (Phi) is 3.50. The van der Waals surface area contributed by atoms with Crippen molar-refractivity contribution >= 4 is 17.6 Å². The zero-order chi connectivity index (χ0) is 13.1. The van der Waals surface area contributed by atoms with Crippen molar-refractivity contribution in [3.05, 3.63) is 29.8 Å². The molecule has 0 saturated heterocycles. The highest BCUT2D eigenvalue weighted by Crippen LogP contribution is 2.25. The van der Waals surface area contributed by atoms with E-state index in [2.05, 4.69) is 5.32 Å². The normalized spacial score (nSPS) is 16.8. The van der Waals surface area contributed by atoms with Gasteiger partial charge in [0.1, 0.15) is 6.04 Å². The lowest BCUT2D eigenvalue weighted by atomic mass is 10.1. The molecule has 0 aliphatic carbocycles. The zero-order valence-corrected chi connectivity index (χ0v) is 10.2. The third-order valence-corrected chi connectivity index (χ3v) is 3.11. The number of rotatable bonds is 4. The minimum Gasteiger partial charge on any atom is -0.481 e. The van der Waals surface area contributed by atoms with Crippen LogP contribution in [-0.4, -0.2) is 41.5 Å². The van der Waals surface area contributed by atoms with Gasteiger partial charge in [-0.05, 0) is 11.6 Å². The van der Waals surface area contributed by atoms with Crippen LogP contribution in [0.3, 0.4) is 0 Å². The van der Waals surface area contributed by atoms with E-state index in [1.807, 2.05) is 24.3 Å². The van der Waals surface area contributed by atoms with E-state index in [1.54, 1.807) is 7.05 Å². The average molecular weight is 248 g/mol. The maximum atomic E-state index is 12.1. The largest absolute Gasteiger partial charge is 0.481 e. The summed E-state index contributed by atoms with van der Waals surface area (Å²) in [6.45, 7) is 0.239. The van der Waals surface area contributed by atoms with E-state index >= 15 is 0 Å². The predicted octanol–water partition coefficient (Wildman–Crippen LogP) is 0.956. The molecule has 0 aromatic heterocycles. The Hall–Kier alpha value is -2.04. The van der Waals surface area contributed by atoms with Gasteiger partial charge in [-0.2, -0.15) is 0 Å². The highest BCUT2D eigenvalue weighted by molar-refractivity contribution is 5.87. The van der Waals surface area contributed by atoms with Crippen LogP contribution in [0, 0.1) is 0 Å². The molecule has 5 heteroatoms. The Balaban J connectivity index is 1.94. The van der Waals surface area contributed by atoms with Crippen LogP contribution >= 0.6 is 0 Å². The van der Waals surface area contributed by atoms with Crippen molar-refractivity contribution in [2.24, 2.45) is 0 Å². The number of carbonyl (C=O) groups excluding carboxylic acids is 1. The van der Waals surface area contributed by atoms with Gasteiger partial charge < -0.3 is 15.3 Å². The van der Waals surface area contributed by atoms with Crippen LogP contribution in [0.5, 0.6) is 0 Å². The molecule has 1 aromatic carbocycles. The summed E-state index contributed by atoms with van der Waals surface area (Å²) >= 11 is 0. The molecule has 1 atom stereocenters. The second-order valence-corrected chi connectivity index (χ2v) is 4.46. The third-order valence-electron chi connectivity index (χ3n) is 3.11. The van der Waals surface area contributed by atoms with Crippen molar-refractivity contribution in [3.8, 4) is 0 Å². The first-order valence-electron chi connectivity index (χ1n) is 5.89. The van der Waals surface area contributed by atoms with Gasteiger partial charge in [0.25, 0.3) is 0 Å². The summed E-state index contributed by atoms with van der Waals surface area (Å²) in [4.78, 5) is 24.0. The Labute approximate surface area is 105 Å². The minimum atomic E-state index is -0.891. The molecular formula is C13H16N2O3. The number of amides is 1. The Bertz CT molecular complexity index is 448. The number of nitrogens with one attached hydrogen (secondary N) is 1. The number of likely N-dealkylation sites (N-methyl/N-ethyl adjacent to an activating group) is 1. The van der Waals surface area contributed by atoms with Crippen LogP contribution in [0.4, 0.5) is 5.69 Å². The van der Waals surface area contributed by atoms with Crippen LogP contribution < -0.4 is 5.32 Å². The molecule has 0 spiro atoms. The molecule has 2 rings (SSSR count). The topological polar surface area (TPSA) is 69.6 Å². The van der Waals surface area contributed by atoms with Gasteiger partial charge in [-0.15, -0.1) is 0 Å². The van der Waals surface area contributed by atoms with E-state index in [-0.39, 0.29) is 24.9 Å². The molecule has 0 fully saturated rings. The fourth-order valence-electron chi connectivity index (χ4n) is 2.09. The maximum Gasteiger partial charge on any atom is 0.305 e. The van der Waals surface area contributed by atoms with Gasteiger partial charge in [0.05, 0.1) is 6.42 Å². The summed E-state index contributed by atoms with van der Waals surface area (Å²) in [5.74, 6) is -0.954. The first-order chi connectivity index (χ1) is 8.58. The molecule has 0 bridgehead atoms. The number of carboxylic acid groups (broad SMARTS) is 1. The summed E-state index contributed by atoms with van der Waals surface area (Å²) in [5, 5.41) is 11.8. The number of aliphatic carboxylic acids is 1.